The summed E-state index contributed by atoms with van der Waals surface area (Å²) in [6, 6.07) is 17.6. The van der Waals surface area contributed by atoms with Crippen molar-refractivity contribution in [2.75, 3.05) is 0 Å². The molecule has 0 aliphatic heterocycles. The maximum absolute atomic E-state index is 10.7. The highest BCUT2D eigenvalue weighted by molar-refractivity contribution is 5.87. The number of rotatable bonds is 4. The summed E-state index contributed by atoms with van der Waals surface area (Å²) in [6.45, 7) is 0. The van der Waals surface area contributed by atoms with E-state index in [0.717, 1.165) is 16.6 Å². The fraction of sp³-hybridized carbons (Fsp3) is 0. The Balaban J connectivity index is 1.70. The molecule has 0 radical (unpaired) electrons. The number of benzene rings is 2. The van der Waals surface area contributed by atoms with Crippen LogP contribution in [0.5, 0.6) is 11.6 Å². The van der Waals surface area contributed by atoms with Crippen molar-refractivity contribution in [3.63, 3.8) is 0 Å². The Hall–Kier alpha value is -3.74. The van der Waals surface area contributed by atoms with Crippen LogP contribution < -0.4 is 4.74 Å². The highest BCUT2D eigenvalue weighted by atomic mass is 16.6. The first-order valence-electron chi connectivity index (χ1n) is 7.52. The highest BCUT2D eigenvalue weighted by Crippen LogP contribution is 2.31. The molecule has 1 N–H and O–H groups in total. The van der Waals surface area contributed by atoms with Crippen LogP contribution in [0.15, 0.2) is 67.0 Å². The molecule has 0 saturated heterocycles. The molecular formula is C18H12N4O3. The molecule has 2 aromatic carbocycles. The topological polar surface area (TPSA) is 93.9 Å². The van der Waals surface area contributed by atoms with E-state index in [2.05, 4.69) is 15.0 Å². The number of ether oxygens (including phenoxy) is 1. The van der Waals surface area contributed by atoms with Crippen molar-refractivity contribution in [3.8, 4) is 22.9 Å². The highest BCUT2D eigenvalue weighted by Gasteiger charge is 2.12. The van der Waals surface area contributed by atoms with Crippen molar-refractivity contribution in [2.24, 2.45) is 0 Å². The Morgan fingerprint density at radius 3 is 2.48 bits per heavy atom. The zero-order valence-corrected chi connectivity index (χ0v) is 12.9. The zero-order valence-electron chi connectivity index (χ0n) is 12.9. The number of H-pyrrole nitrogens is 1. The number of nitrogens with one attached hydrogen (secondary N) is 1. The molecule has 25 heavy (non-hydrogen) atoms. The molecule has 0 spiro atoms. The second kappa shape index (κ2) is 6.04. The Morgan fingerprint density at radius 1 is 1.00 bits per heavy atom. The van der Waals surface area contributed by atoms with Gasteiger partial charge in [-0.05, 0) is 23.8 Å². The summed E-state index contributed by atoms with van der Waals surface area (Å²) in [5, 5.41) is 11.5. The van der Waals surface area contributed by atoms with Gasteiger partial charge in [0.1, 0.15) is 17.7 Å². The van der Waals surface area contributed by atoms with Crippen molar-refractivity contribution in [1.29, 1.82) is 0 Å². The smallest absolute Gasteiger partial charge is 0.269 e. The first-order chi connectivity index (χ1) is 12.2. The SMILES string of the molecule is O=[N+]([O-])c1ccc(Oc2ncnc3[nH]c(-c4ccccc4)cc23)cc1. The Kier molecular flexibility index (Phi) is 3.59. The molecule has 0 fully saturated rings. The summed E-state index contributed by atoms with van der Waals surface area (Å²) in [5.41, 5.74) is 2.60. The third-order valence-electron chi connectivity index (χ3n) is 3.74. The summed E-state index contributed by atoms with van der Waals surface area (Å²) in [7, 11) is 0. The summed E-state index contributed by atoms with van der Waals surface area (Å²) in [4.78, 5) is 21.9. The zero-order chi connectivity index (χ0) is 17.2. The van der Waals surface area contributed by atoms with Crippen molar-refractivity contribution in [1.82, 2.24) is 15.0 Å². The van der Waals surface area contributed by atoms with Gasteiger partial charge in [0.15, 0.2) is 0 Å². The number of non-ortho nitro benzene ring substituents is 1. The number of nitro benzene ring substituents is 1. The van der Waals surface area contributed by atoms with E-state index in [1.165, 1.54) is 30.6 Å². The van der Waals surface area contributed by atoms with Crippen LogP contribution in [0.1, 0.15) is 0 Å². The molecule has 0 saturated carbocycles. The molecule has 0 amide bonds. The van der Waals surface area contributed by atoms with Crippen LogP contribution in [0.2, 0.25) is 0 Å². The minimum absolute atomic E-state index is 0.00759. The van der Waals surface area contributed by atoms with Crippen LogP contribution in [-0.4, -0.2) is 19.9 Å². The predicted molar refractivity (Wildman–Crippen MR) is 92.5 cm³/mol. The number of hydrogen-bond donors (Lipinski definition) is 1. The Bertz CT molecular complexity index is 1040. The van der Waals surface area contributed by atoms with Crippen molar-refractivity contribution in [2.45, 2.75) is 0 Å². The molecule has 122 valence electrons. The van der Waals surface area contributed by atoms with Crippen LogP contribution in [0.4, 0.5) is 5.69 Å². The summed E-state index contributed by atoms with van der Waals surface area (Å²) < 4.78 is 5.78. The van der Waals surface area contributed by atoms with Gasteiger partial charge in [-0.3, -0.25) is 10.1 Å². The van der Waals surface area contributed by atoms with E-state index >= 15 is 0 Å². The lowest BCUT2D eigenvalue weighted by Crippen LogP contribution is -1.91. The van der Waals surface area contributed by atoms with E-state index in [4.69, 9.17) is 4.74 Å². The Labute approximate surface area is 142 Å². The fourth-order valence-electron chi connectivity index (χ4n) is 2.52. The largest absolute Gasteiger partial charge is 0.438 e. The number of aromatic amines is 1. The van der Waals surface area contributed by atoms with Crippen molar-refractivity contribution in [3.05, 3.63) is 77.1 Å². The van der Waals surface area contributed by atoms with Gasteiger partial charge < -0.3 is 9.72 Å². The summed E-state index contributed by atoms with van der Waals surface area (Å²) in [6.07, 6.45) is 1.41. The number of hydrogen-bond acceptors (Lipinski definition) is 5. The molecule has 2 heterocycles. The first kappa shape index (κ1) is 14.8. The first-order valence-corrected chi connectivity index (χ1v) is 7.52. The predicted octanol–water partition coefficient (Wildman–Crippen LogP) is 4.33. The maximum Gasteiger partial charge on any atom is 0.269 e. The van der Waals surface area contributed by atoms with Gasteiger partial charge in [0.05, 0.1) is 10.3 Å². The van der Waals surface area contributed by atoms with E-state index in [1.54, 1.807) is 0 Å². The van der Waals surface area contributed by atoms with Crippen LogP contribution in [0.3, 0.4) is 0 Å². The minimum Gasteiger partial charge on any atom is -0.438 e. The minimum atomic E-state index is -0.453. The molecule has 4 rings (SSSR count). The van der Waals surface area contributed by atoms with Crippen LogP contribution in [-0.2, 0) is 0 Å². The van der Waals surface area contributed by atoms with Gasteiger partial charge in [-0.15, -0.1) is 0 Å². The van der Waals surface area contributed by atoms with E-state index < -0.39 is 4.92 Å². The van der Waals surface area contributed by atoms with Gasteiger partial charge in [-0.2, -0.15) is 0 Å². The molecule has 4 aromatic rings. The molecular weight excluding hydrogens is 320 g/mol. The maximum atomic E-state index is 10.7. The fourth-order valence-corrected chi connectivity index (χ4v) is 2.52. The molecule has 0 aliphatic carbocycles. The van der Waals surface area contributed by atoms with Crippen LogP contribution >= 0.6 is 0 Å². The number of aromatic nitrogens is 3. The second-order valence-corrected chi connectivity index (χ2v) is 5.34. The third kappa shape index (κ3) is 2.90. The van der Waals surface area contributed by atoms with E-state index in [9.17, 15) is 10.1 Å². The van der Waals surface area contributed by atoms with Gasteiger partial charge >= 0.3 is 0 Å². The van der Waals surface area contributed by atoms with Gasteiger partial charge in [-0.1, -0.05) is 30.3 Å². The average molecular weight is 332 g/mol. The quantitative estimate of drug-likeness (QED) is 0.443. The number of fused-ring (bicyclic) bond motifs is 1. The van der Waals surface area contributed by atoms with Gasteiger partial charge in [-0.25, -0.2) is 9.97 Å². The molecule has 2 aromatic heterocycles. The number of nitro groups is 1. The van der Waals surface area contributed by atoms with Gasteiger partial charge in [0, 0.05) is 17.8 Å². The van der Waals surface area contributed by atoms with E-state index in [1.807, 2.05) is 36.4 Å². The lowest BCUT2D eigenvalue weighted by Gasteiger charge is -2.04. The van der Waals surface area contributed by atoms with Gasteiger partial charge in [0.25, 0.3) is 5.69 Å². The lowest BCUT2D eigenvalue weighted by atomic mass is 10.1. The molecule has 0 aliphatic rings. The third-order valence-corrected chi connectivity index (χ3v) is 3.74. The normalized spacial score (nSPS) is 10.7. The van der Waals surface area contributed by atoms with Crippen LogP contribution in [0, 0.1) is 10.1 Å². The van der Waals surface area contributed by atoms with Crippen LogP contribution in [0.25, 0.3) is 22.3 Å². The molecule has 0 bridgehead atoms. The lowest BCUT2D eigenvalue weighted by molar-refractivity contribution is -0.384. The summed E-state index contributed by atoms with van der Waals surface area (Å²) in [5.74, 6) is 0.852. The second-order valence-electron chi connectivity index (χ2n) is 5.34. The molecule has 0 atom stereocenters. The van der Waals surface area contributed by atoms with E-state index in [-0.39, 0.29) is 5.69 Å². The van der Waals surface area contributed by atoms with Gasteiger partial charge in [0.2, 0.25) is 5.88 Å². The van der Waals surface area contributed by atoms with E-state index in [0.29, 0.717) is 17.3 Å². The molecule has 7 heteroatoms. The Morgan fingerprint density at radius 2 is 1.76 bits per heavy atom. The summed E-state index contributed by atoms with van der Waals surface area (Å²) >= 11 is 0. The molecule has 7 nitrogen and oxygen atoms in total. The standard InChI is InChI=1S/C18H12N4O3/c23-22(24)13-6-8-14(9-7-13)25-18-15-10-16(12-4-2-1-3-5-12)21-17(15)19-11-20-18/h1-11H,(H,19,20,21). The monoisotopic (exact) mass is 332 g/mol. The van der Waals surface area contributed by atoms with Crippen molar-refractivity contribution < 1.29 is 9.66 Å². The van der Waals surface area contributed by atoms with Crippen molar-refractivity contribution >= 4 is 16.7 Å². The molecule has 0 unspecified atom stereocenters. The average Bonchev–Trinajstić information content (AvgIpc) is 3.08. The number of nitrogens with zero attached hydrogens (tertiary/aromatic N) is 3.